The summed E-state index contributed by atoms with van der Waals surface area (Å²) in [6.45, 7) is 4.62. The Kier molecular flexibility index (Phi) is 6.68. The lowest BCUT2D eigenvalue weighted by molar-refractivity contribution is 0.404. The molecule has 0 heterocycles. The lowest BCUT2D eigenvalue weighted by Crippen LogP contribution is -2.19. The molecule has 0 fully saturated rings. The number of thioether (sulfide) groups is 1. The standard InChI is InChI=1S/C15H25NS/c1-5-8-12(2)11-14(16-3)13-9-6-7-10-15(13)17-4/h6-7,9-10,12,14,16H,5,8,11H2,1-4H3. The van der Waals surface area contributed by atoms with E-state index >= 15 is 0 Å². The van der Waals surface area contributed by atoms with Crippen LogP contribution >= 0.6 is 11.8 Å². The summed E-state index contributed by atoms with van der Waals surface area (Å²) in [4.78, 5) is 1.40. The van der Waals surface area contributed by atoms with Crippen LogP contribution < -0.4 is 5.32 Å². The van der Waals surface area contributed by atoms with Crippen molar-refractivity contribution in [3.05, 3.63) is 29.8 Å². The fraction of sp³-hybridized carbons (Fsp3) is 0.600. The number of hydrogen-bond acceptors (Lipinski definition) is 2. The van der Waals surface area contributed by atoms with E-state index in [4.69, 9.17) is 0 Å². The van der Waals surface area contributed by atoms with Crippen molar-refractivity contribution in [3.63, 3.8) is 0 Å². The third kappa shape index (κ3) is 4.36. The van der Waals surface area contributed by atoms with E-state index in [2.05, 4.69) is 56.7 Å². The molecule has 1 aromatic carbocycles. The van der Waals surface area contributed by atoms with Gasteiger partial charge in [0.2, 0.25) is 0 Å². The van der Waals surface area contributed by atoms with Crippen molar-refractivity contribution in [2.45, 2.75) is 44.0 Å². The summed E-state index contributed by atoms with van der Waals surface area (Å²) in [6, 6.07) is 9.22. The first-order valence-electron chi connectivity index (χ1n) is 6.53. The summed E-state index contributed by atoms with van der Waals surface area (Å²) < 4.78 is 0. The van der Waals surface area contributed by atoms with Gasteiger partial charge in [0.15, 0.2) is 0 Å². The molecule has 0 aliphatic carbocycles. The minimum atomic E-state index is 0.486. The Balaban J connectivity index is 2.78. The Morgan fingerprint density at radius 1 is 1.29 bits per heavy atom. The van der Waals surface area contributed by atoms with Crippen LogP contribution in [0, 0.1) is 5.92 Å². The maximum Gasteiger partial charge on any atom is 0.0331 e. The van der Waals surface area contributed by atoms with E-state index in [-0.39, 0.29) is 0 Å². The molecule has 2 atom stereocenters. The minimum Gasteiger partial charge on any atom is -0.313 e. The highest BCUT2D eigenvalue weighted by Crippen LogP contribution is 2.30. The molecule has 1 N–H and O–H groups in total. The second-order valence-corrected chi connectivity index (χ2v) is 5.56. The first kappa shape index (κ1) is 14.6. The topological polar surface area (TPSA) is 12.0 Å². The Morgan fingerprint density at radius 3 is 2.59 bits per heavy atom. The van der Waals surface area contributed by atoms with Gasteiger partial charge in [-0.05, 0) is 37.3 Å². The SMILES string of the molecule is CCCC(C)CC(NC)c1ccccc1SC. The van der Waals surface area contributed by atoms with Crippen molar-refractivity contribution in [3.8, 4) is 0 Å². The molecule has 1 rings (SSSR count). The molecule has 17 heavy (non-hydrogen) atoms. The van der Waals surface area contributed by atoms with E-state index in [1.54, 1.807) is 0 Å². The molecule has 0 spiro atoms. The highest BCUT2D eigenvalue weighted by Gasteiger charge is 2.15. The first-order valence-corrected chi connectivity index (χ1v) is 7.75. The van der Waals surface area contributed by atoms with Crippen LogP contribution in [0.3, 0.4) is 0 Å². The van der Waals surface area contributed by atoms with E-state index in [1.165, 1.54) is 29.7 Å². The third-order valence-corrected chi connectivity index (χ3v) is 4.09. The van der Waals surface area contributed by atoms with E-state index in [0.29, 0.717) is 6.04 Å². The normalized spacial score (nSPS) is 14.6. The minimum absolute atomic E-state index is 0.486. The molecular weight excluding hydrogens is 226 g/mol. The molecule has 0 amide bonds. The average molecular weight is 251 g/mol. The van der Waals surface area contributed by atoms with E-state index in [9.17, 15) is 0 Å². The molecular formula is C15H25NS. The summed E-state index contributed by atoms with van der Waals surface area (Å²) in [7, 11) is 2.07. The van der Waals surface area contributed by atoms with Crippen LogP contribution in [0.4, 0.5) is 0 Å². The molecule has 0 aliphatic heterocycles. The van der Waals surface area contributed by atoms with Gasteiger partial charge in [-0.15, -0.1) is 11.8 Å². The van der Waals surface area contributed by atoms with Gasteiger partial charge >= 0.3 is 0 Å². The Hall–Kier alpha value is -0.470. The first-order chi connectivity index (χ1) is 8.22. The maximum absolute atomic E-state index is 3.47. The van der Waals surface area contributed by atoms with Crippen LogP contribution in [0.1, 0.15) is 44.7 Å². The average Bonchev–Trinajstić information content (AvgIpc) is 2.36. The van der Waals surface area contributed by atoms with Crippen LogP contribution in [0.15, 0.2) is 29.2 Å². The van der Waals surface area contributed by atoms with E-state index in [1.807, 2.05) is 11.8 Å². The summed E-state index contributed by atoms with van der Waals surface area (Å²) in [5, 5.41) is 3.47. The molecule has 0 saturated heterocycles. The van der Waals surface area contributed by atoms with Gasteiger partial charge in [0.25, 0.3) is 0 Å². The number of benzene rings is 1. The zero-order valence-corrected chi connectivity index (χ0v) is 12.3. The van der Waals surface area contributed by atoms with E-state index in [0.717, 1.165) is 5.92 Å². The predicted octanol–water partition coefficient (Wildman–Crippen LogP) is 4.50. The van der Waals surface area contributed by atoms with Crippen molar-refractivity contribution in [1.29, 1.82) is 0 Å². The predicted molar refractivity (Wildman–Crippen MR) is 78.7 cm³/mol. The highest BCUT2D eigenvalue weighted by molar-refractivity contribution is 7.98. The number of nitrogens with one attached hydrogen (secondary N) is 1. The fourth-order valence-corrected chi connectivity index (χ4v) is 3.03. The summed E-state index contributed by atoms with van der Waals surface area (Å²) in [5.74, 6) is 0.785. The Morgan fingerprint density at radius 2 is 2.00 bits per heavy atom. The molecule has 1 aromatic rings. The molecule has 0 aliphatic rings. The molecule has 96 valence electrons. The zero-order chi connectivity index (χ0) is 12.7. The van der Waals surface area contributed by atoms with Gasteiger partial charge < -0.3 is 5.32 Å². The lowest BCUT2D eigenvalue weighted by atomic mass is 9.93. The Bertz CT molecular complexity index is 324. The summed E-state index contributed by atoms with van der Waals surface area (Å²) in [6.07, 6.45) is 5.98. The van der Waals surface area contributed by atoms with Gasteiger partial charge in [-0.2, -0.15) is 0 Å². The van der Waals surface area contributed by atoms with Crippen molar-refractivity contribution >= 4 is 11.8 Å². The van der Waals surface area contributed by atoms with Crippen molar-refractivity contribution in [1.82, 2.24) is 5.32 Å². The highest BCUT2D eigenvalue weighted by atomic mass is 32.2. The van der Waals surface area contributed by atoms with Crippen LogP contribution in [-0.2, 0) is 0 Å². The van der Waals surface area contributed by atoms with Gasteiger partial charge in [-0.1, -0.05) is 44.9 Å². The van der Waals surface area contributed by atoms with Crippen molar-refractivity contribution < 1.29 is 0 Å². The molecule has 0 aromatic heterocycles. The molecule has 2 heteroatoms. The lowest BCUT2D eigenvalue weighted by Gasteiger charge is -2.22. The van der Waals surface area contributed by atoms with Crippen LogP contribution in [0.5, 0.6) is 0 Å². The number of rotatable bonds is 7. The molecule has 1 nitrogen and oxygen atoms in total. The third-order valence-electron chi connectivity index (χ3n) is 3.28. The van der Waals surface area contributed by atoms with E-state index < -0.39 is 0 Å². The number of hydrogen-bond donors (Lipinski definition) is 1. The molecule has 0 saturated carbocycles. The van der Waals surface area contributed by atoms with Crippen molar-refractivity contribution in [2.24, 2.45) is 5.92 Å². The molecule has 0 bridgehead atoms. The summed E-state index contributed by atoms with van der Waals surface area (Å²) >= 11 is 1.84. The van der Waals surface area contributed by atoms with Gasteiger partial charge in [0.05, 0.1) is 0 Å². The van der Waals surface area contributed by atoms with Gasteiger partial charge in [0.1, 0.15) is 0 Å². The summed E-state index contributed by atoms with van der Waals surface area (Å²) in [5.41, 5.74) is 1.45. The fourth-order valence-electron chi connectivity index (χ4n) is 2.37. The zero-order valence-electron chi connectivity index (χ0n) is 11.5. The van der Waals surface area contributed by atoms with Gasteiger partial charge in [0, 0.05) is 10.9 Å². The smallest absolute Gasteiger partial charge is 0.0331 e. The second-order valence-electron chi connectivity index (χ2n) is 4.71. The van der Waals surface area contributed by atoms with Crippen LogP contribution in [0.2, 0.25) is 0 Å². The molecule has 2 unspecified atom stereocenters. The molecule has 0 radical (unpaired) electrons. The quantitative estimate of drug-likeness (QED) is 0.716. The van der Waals surface area contributed by atoms with Crippen LogP contribution in [-0.4, -0.2) is 13.3 Å². The van der Waals surface area contributed by atoms with Crippen LogP contribution in [0.25, 0.3) is 0 Å². The largest absolute Gasteiger partial charge is 0.313 e. The van der Waals surface area contributed by atoms with Gasteiger partial charge in [-0.3, -0.25) is 0 Å². The second kappa shape index (κ2) is 7.78. The monoisotopic (exact) mass is 251 g/mol. The van der Waals surface area contributed by atoms with Gasteiger partial charge in [-0.25, -0.2) is 0 Å². The maximum atomic E-state index is 3.47. The van der Waals surface area contributed by atoms with Crippen molar-refractivity contribution in [2.75, 3.05) is 13.3 Å². The Labute approximate surface area is 110 Å².